The third kappa shape index (κ3) is 2.88. The fourth-order valence-electron chi connectivity index (χ4n) is 1.80. The first-order valence-electron chi connectivity index (χ1n) is 5.44. The second kappa shape index (κ2) is 5.06. The zero-order valence-corrected chi connectivity index (χ0v) is 12.0. The largest absolute Gasteiger partial charge is 0.304 e. The number of hydrogen-bond acceptors (Lipinski definition) is 3. The number of likely N-dealkylation sites (N-methyl/N-ethyl adjacent to an activating group) is 1. The van der Waals surface area contributed by atoms with Crippen molar-refractivity contribution in [1.82, 2.24) is 9.21 Å². The van der Waals surface area contributed by atoms with E-state index in [2.05, 4.69) is 20.8 Å². The standard InChI is InChI=1S/C11H15BrN2O2S/c1-13-5-7-14(8-6-13)17(15,16)11-4-2-3-10(12)9-11/h2-4,9H,5-8H2,1H3. The summed E-state index contributed by atoms with van der Waals surface area (Å²) in [5.74, 6) is 0. The highest BCUT2D eigenvalue weighted by Gasteiger charge is 2.27. The Morgan fingerprint density at radius 2 is 1.82 bits per heavy atom. The van der Waals surface area contributed by atoms with E-state index in [0.717, 1.165) is 17.6 Å². The van der Waals surface area contributed by atoms with Crippen LogP contribution >= 0.6 is 15.9 Å². The fraction of sp³-hybridized carbons (Fsp3) is 0.455. The molecule has 0 aromatic heterocycles. The van der Waals surface area contributed by atoms with Crippen molar-refractivity contribution < 1.29 is 8.42 Å². The number of hydrogen-bond donors (Lipinski definition) is 0. The monoisotopic (exact) mass is 318 g/mol. The molecule has 0 spiro atoms. The van der Waals surface area contributed by atoms with E-state index in [1.807, 2.05) is 13.1 Å². The van der Waals surface area contributed by atoms with E-state index in [1.54, 1.807) is 22.5 Å². The highest BCUT2D eigenvalue weighted by atomic mass is 79.9. The lowest BCUT2D eigenvalue weighted by molar-refractivity contribution is 0.222. The van der Waals surface area contributed by atoms with Crippen LogP contribution in [-0.2, 0) is 10.0 Å². The molecule has 0 amide bonds. The molecular formula is C11H15BrN2O2S. The van der Waals surface area contributed by atoms with Gasteiger partial charge in [0.25, 0.3) is 0 Å². The van der Waals surface area contributed by atoms with Crippen molar-refractivity contribution in [2.45, 2.75) is 4.90 Å². The second-order valence-corrected chi connectivity index (χ2v) is 7.02. The van der Waals surface area contributed by atoms with Crippen LogP contribution in [0.5, 0.6) is 0 Å². The number of nitrogens with zero attached hydrogens (tertiary/aromatic N) is 2. The van der Waals surface area contributed by atoms with Crippen LogP contribution in [0.1, 0.15) is 0 Å². The number of rotatable bonds is 2. The lowest BCUT2D eigenvalue weighted by Crippen LogP contribution is -2.46. The van der Waals surface area contributed by atoms with Gasteiger partial charge in [0.05, 0.1) is 4.90 Å². The van der Waals surface area contributed by atoms with Crippen molar-refractivity contribution in [2.24, 2.45) is 0 Å². The quantitative estimate of drug-likeness (QED) is 0.827. The van der Waals surface area contributed by atoms with Gasteiger partial charge in [0.2, 0.25) is 10.0 Å². The molecule has 1 aliphatic rings. The van der Waals surface area contributed by atoms with Gasteiger partial charge in [-0.2, -0.15) is 4.31 Å². The van der Waals surface area contributed by atoms with Crippen LogP contribution in [0.4, 0.5) is 0 Å². The molecule has 2 rings (SSSR count). The molecule has 0 atom stereocenters. The maximum absolute atomic E-state index is 12.3. The van der Waals surface area contributed by atoms with Gasteiger partial charge < -0.3 is 4.90 Å². The van der Waals surface area contributed by atoms with Crippen molar-refractivity contribution in [2.75, 3.05) is 33.2 Å². The van der Waals surface area contributed by atoms with Gasteiger partial charge in [0, 0.05) is 30.7 Å². The van der Waals surface area contributed by atoms with Gasteiger partial charge in [-0.1, -0.05) is 22.0 Å². The molecule has 0 aliphatic carbocycles. The molecule has 1 aliphatic heterocycles. The van der Waals surface area contributed by atoms with Gasteiger partial charge in [-0.05, 0) is 25.2 Å². The summed E-state index contributed by atoms with van der Waals surface area (Å²) >= 11 is 3.30. The lowest BCUT2D eigenvalue weighted by Gasteiger charge is -2.31. The Morgan fingerprint density at radius 3 is 2.41 bits per heavy atom. The molecule has 1 saturated heterocycles. The Labute approximate surface area is 110 Å². The molecule has 0 bridgehead atoms. The van der Waals surface area contributed by atoms with E-state index < -0.39 is 10.0 Å². The zero-order chi connectivity index (χ0) is 12.5. The van der Waals surface area contributed by atoms with Gasteiger partial charge >= 0.3 is 0 Å². The zero-order valence-electron chi connectivity index (χ0n) is 9.63. The predicted molar refractivity (Wildman–Crippen MR) is 70.4 cm³/mol. The van der Waals surface area contributed by atoms with E-state index in [4.69, 9.17) is 0 Å². The minimum absolute atomic E-state index is 0.358. The van der Waals surface area contributed by atoms with E-state index >= 15 is 0 Å². The van der Waals surface area contributed by atoms with E-state index in [-0.39, 0.29) is 0 Å². The number of halogens is 1. The summed E-state index contributed by atoms with van der Waals surface area (Å²) in [5, 5.41) is 0. The summed E-state index contributed by atoms with van der Waals surface area (Å²) in [4.78, 5) is 2.49. The summed E-state index contributed by atoms with van der Waals surface area (Å²) in [6.07, 6.45) is 0. The average Bonchev–Trinajstić information content (AvgIpc) is 2.29. The lowest BCUT2D eigenvalue weighted by atomic mass is 10.4. The van der Waals surface area contributed by atoms with Gasteiger partial charge in [-0.25, -0.2) is 8.42 Å². The predicted octanol–water partition coefficient (Wildman–Crippen LogP) is 1.39. The molecule has 4 nitrogen and oxygen atoms in total. The number of sulfonamides is 1. The van der Waals surface area contributed by atoms with Crippen LogP contribution in [0.25, 0.3) is 0 Å². The summed E-state index contributed by atoms with van der Waals surface area (Å²) in [6, 6.07) is 6.85. The van der Waals surface area contributed by atoms with Crippen molar-refractivity contribution in [1.29, 1.82) is 0 Å². The first-order chi connectivity index (χ1) is 8.00. The SMILES string of the molecule is CN1CCN(S(=O)(=O)c2cccc(Br)c2)CC1. The van der Waals surface area contributed by atoms with Gasteiger partial charge in [0.1, 0.15) is 0 Å². The van der Waals surface area contributed by atoms with Gasteiger partial charge in [-0.15, -0.1) is 0 Å². The van der Waals surface area contributed by atoms with Crippen molar-refractivity contribution in [3.8, 4) is 0 Å². The Kier molecular flexibility index (Phi) is 3.87. The van der Waals surface area contributed by atoms with Crippen LogP contribution in [0.15, 0.2) is 33.6 Å². The van der Waals surface area contributed by atoms with Crippen LogP contribution < -0.4 is 0 Å². The average molecular weight is 319 g/mol. The molecular weight excluding hydrogens is 304 g/mol. The van der Waals surface area contributed by atoms with Gasteiger partial charge in [0.15, 0.2) is 0 Å². The first-order valence-corrected chi connectivity index (χ1v) is 7.68. The Hall–Kier alpha value is -0.430. The van der Waals surface area contributed by atoms with Crippen molar-refractivity contribution in [3.05, 3.63) is 28.7 Å². The third-order valence-electron chi connectivity index (χ3n) is 2.90. The smallest absolute Gasteiger partial charge is 0.243 e. The van der Waals surface area contributed by atoms with Crippen molar-refractivity contribution >= 4 is 26.0 Å². The molecule has 94 valence electrons. The molecule has 1 aromatic carbocycles. The molecule has 0 radical (unpaired) electrons. The molecule has 6 heteroatoms. The van der Waals surface area contributed by atoms with Crippen LogP contribution in [0.3, 0.4) is 0 Å². The molecule has 17 heavy (non-hydrogen) atoms. The Balaban J connectivity index is 2.25. The van der Waals surface area contributed by atoms with Gasteiger partial charge in [-0.3, -0.25) is 0 Å². The number of benzene rings is 1. The maximum Gasteiger partial charge on any atom is 0.243 e. The van der Waals surface area contributed by atoms with E-state index in [0.29, 0.717) is 18.0 Å². The fourth-order valence-corrected chi connectivity index (χ4v) is 3.82. The highest BCUT2D eigenvalue weighted by Crippen LogP contribution is 2.20. The first kappa shape index (κ1) is 13.0. The third-order valence-corrected chi connectivity index (χ3v) is 5.28. The number of piperazine rings is 1. The van der Waals surface area contributed by atoms with E-state index in [9.17, 15) is 8.42 Å². The van der Waals surface area contributed by atoms with Crippen LogP contribution in [0.2, 0.25) is 0 Å². The Morgan fingerprint density at radius 1 is 1.18 bits per heavy atom. The maximum atomic E-state index is 12.3. The van der Waals surface area contributed by atoms with Crippen LogP contribution in [-0.4, -0.2) is 50.8 Å². The molecule has 0 N–H and O–H groups in total. The molecule has 1 aromatic rings. The summed E-state index contributed by atoms with van der Waals surface area (Å²) in [7, 11) is -1.33. The minimum Gasteiger partial charge on any atom is -0.304 e. The molecule has 0 unspecified atom stereocenters. The van der Waals surface area contributed by atoms with Crippen molar-refractivity contribution in [3.63, 3.8) is 0 Å². The molecule has 1 fully saturated rings. The summed E-state index contributed by atoms with van der Waals surface area (Å²) in [6.45, 7) is 2.69. The highest BCUT2D eigenvalue weighted by molar-refractivity contribution is 9.10. The minimum atomic E-state index is -3.33. The molecule has 1 heterocycles. The van der Waals surface area contributed by atoms with Crippen LogP contribution in [0, 0.1) is 0 Å². The van der Waals surface area contributed by atoms with E-state index in [1.165, 1.54) is 0 Å². The summed E-state index contributed by atoms with van der Waals surface area (Å²) in [5.41, 5.74) is 0. The second-order valence-electron chi connectivity index (χ2n) is 4.16. The topological polar surface area (TPSA) is 40.6 Å². The molecule has 0 saturated carbocycles. The Bertz CT molecular complexity index is 496. The summed E-state index contributed by atoms with van der Waals surface area (Å²) < 4.78 is 27.0. The normalized spacial score (nSPS) is 19.4.